The monoisotopic (exact) mass is 319 g/mol. The standard InChI is InChI=1S/C14H13N3O2S2/c18-14(19)12-8-13(16-15-12)17(10-4-7-20-9-10)5-3-11-2-1-6-21-11/h1-2,4,6-9H,3,5H2,(H,15,16)(H,18,19). The zero-order chi connectivity index (χ0) is 14.7. The number of nitrogens with one attached hydrogen (secondary N) is 1. The lowest BCUT2D eigenvalue weighted by atomic mass is 10.3. The number of hydrogen-bond acceptors (Lipinski definition) is 5. The summed E-state index contributed by atoms with van der Waals surface area (Å²) < 4.78 is 0. The van der Waals surface area contributed by atoms with E-state index in [9.17, 15) is 4.79 Å². The second-order valence-electron chi connectivity index (χ2n) is 4.41. The van der Waals surface area contributed by atoms with Crippen LogP contribution >= 0.6 is 22.7 Å². The first-order chi connectivity index (χ1) is 10.2. The van der Waals surface area contributed by atoms with Gasteiger partial charge >= 0.3 is 5.97 Å². The summed E-state index contributed by atoms with van der Waals surface area (Å²) in [6.07, 6.45) is 0.892. The minimum absolute atomic E-state index is 0.0985. The predicted octanol–water partition coefficient (Wildman–Crippen LogP) is 3.61. The number of H-pyrrole nitrogens is 1. The Kier molecular flexibility index (Phi) is 4.03. The molecule has 3 aromatic rings. The Morgan fingerprint density at radius 2 is 2.29 bits per heavy atom. The van der Waals surface area contributed by atoms with Crippen molar-refractivity contribution in [1.29, 1.82) is 0 Å². The summed E-state index contributed by atoms with van der Waals surface area (Å²) in [5.74, 6) is -0.375. The Hall–Kier alpha value is -2.12. The number of nitrogens with zero attached hydrogens (tertiary/aromatic N) is 2. The fourth-order valence-corrected chi connectivity index (χ4v) is 3.36. The first kappa shape index (κ1) is 13.8. The Balaban J connectivity index is 1.83. The molecule has 5 nitrogen and oxygen atoms in total. The summed E-state index contributed by atoms with van der Waals surface area (Å²) in [5.41, 5.74) is 1.13. The molecule has 2 N–H and O–H groups in total. The van der Waals surface area contributed by atoms with E-state index in [1.165, 1.54) is 4.88 Å². The number of aromatic carboxylic acids is 1. The maximum absolute atomic E-state index is 11.0. The average molecular weight is 319 g/mol. The number of aromatic nitrogens is 2. The smallest absolute Gasteiger partial charge is 0.353 e. The summed E-state index contributed by atoms with van der Waals surface area (Å²) in [6, 6.07) is 7.71. The molecule has 0 saturated carbocycles. The molecular formula is C14H13N3O2S2. The topological polar surface area (TPSA) is 69.2 Å². The molecule has 0 unspecified atom stereocenters. The molecule has 0 saturated heterocycles. The SMILES string of the molecule is O=C(O)c1cc(N(CCc2cccs2)c2ccsc2)n[nH]1. The fourth-order valence-electron chi connectivity index (χ4n) is 2.02. The van der Waals surface area contributed by atoms with Crippen LogP contribution in [0.4, 0.5) is 11.5 Å². The second-order valence-corrected chi connectivity index (χ2v) is 6.22. The van der Waals surface area contributed by atoms with Gasteiger partial charge in [0, 0.05) is 22.9 Å². The summed E-state index contributed by atoms with van der Waals surface area (Å²) in [4.78, 5) is 14.3. The number of carboxylic acids is 1. The van der Waals surface area contributed by atoms with Gasteiger partial charge in [0.25, 0.3) is 0 Å². The molecule has 0 aliphatic carbocycles. The Morgan fingerprint density at radius 1 is 1.38 bits per heavy atom. The van der Waals surface area contributed by atoms with E-state index >= 15 is 0 Å². The van der Waals surface area contributed by atoms with Gasteiger partial charge in [-0.15, -0.1) is 11.3 Å². The van der Waals surface area contributed by atoms with Crippen LogP contribution in [-0.2, 0) is 6.42 Å². The summed E-state index contributed by atoms with van der Waals surface area (Å²) in [5, 5.41) is 21.8. The third kappa shape index (κ3) is 3.14. The van der Waals surface area contributed by atoms with Crippen molar-refractivity contribution in [3.8, 4) is 0 Å². The highest BCUT2D eigenvalue weighted by Gasteiger charge is 2.16. The molecule has 0 radical (unpaired) electrons. The summed E-state index contributed by atoms with van der Waals surface area (Å²) in [7, 11) is 0. The van der Waals surface area contributed by atoms with Gasteiger partial charge in [0.1, 0.15) is 5.69 Å². The number of rotatable bonds is 6. The molecule has 0 atom stereocenters. The van der Waals surface area contributed by atoms with Crippen molar-refractivity contribution in [3.63, 3.8) is 0 Å². The lowest BCUT2D eigenvalue weighted by Gasteiger charge is -2.20. The fraction of sp³-hybridized carbons (Fsp3) is 0.143. The number of anilines is 2. The van der Waals surface area contributed by atoms with Crippen molar-refractivity contribution >= 4 is 40.1 Å². The molecule has 0 amide bonds. The van der Waals surface area contributed by atoms with E-state index in [4.69, 9.17) is 5.11 Å². The first-order valence-corrected chi connectivity index (χ1v) is 8.17. The van der Waals surface area contributed by atoms with Crippen molar-refractivity contribution in [2.75, 3.05) is 11.4 Å². The zero-order valence-electron chi connectivity index (χ0n) is 11.0. The highest BCUT2D eigenvalue weighted by molar-refractivity contribution is 7.09. The maximum Gasteiger partial charge on any atom is 0.353 e. The summed E-state index contributed by atoms with van der Waals surface area (Å²) >= 11 is 3.33. The molecule has 3 heterocycles. The van der Waals surface area contributed by atoms with E-state index in [1.807, 2.05) is 27.8 Å². The minimum Gasteiger partial charge on any atom is -0.477 e. The number of thiophene rings is 2. The van der Waals surface area contributed by atoms with Crippen LogP contribution in [0.2, 0.25) is 0 Å². The highest BCUT2D eigenvalue weighted by Crippen LogP contribution is 2.27. The number of aromatic amines is 1. The van der Waals surface area contributed by atoms with Crippen LogP contribution in [0.5, 0.6) is 0 Å². The van der Waals surface area contributed by atoms with Gasteiger partial charge in [-0.2, -0.15) is 16.4 Å². The molecule has 21 heavy (non-hydrogen) atoms. The van der Waals surface area contributed by atoms with Crippen LogP contribution in [0.25, 0.3) is 0 Å². The molecule has 0 bridgehead atoms. The van der Waals surface area contributed by atoms with Crippen LogP contribution < -0.4 is 4.90 Å². The first-order valence-electron chi connectivity index (χ1n) is 6.35. The van der Waals surface area contributed by atoms with Crippen LogP contribution in [0.15, 0.2) is 40.4 Å². The Morgan fingerprint density at radius 3 is 2.90 bits per heavy atom. The molecule has 0 fully saturated rings. The molecule has 0 aromatic carbocycles. The maximum atomic E-state index is 11.0. The van der Waals surface area contributed by atoms with Crippen molar-refractivity contribution < 1.29 is 9.90 Å². The summed E-state index contributed by atoms with van der Waals surface area (Å²) in [6.45, 7) is 0.751. The zero-order valence-corrected chi connectivity index (χ0v) is 12.7. The van der Waals surface area contributed by atoms with Gasteiger partial charge < -0.3 is 10.0 Å². The highest BCUT2D eigenvalue weighted by atomic mass is 32.1. The van der Waals surface area contributed by atoms with Crippen LogP contribution in [0.1, 0.15) is 15.4 Å². The number of hydrogen-bond donors (Lipinski definition) is 2. The van der Waals surface area contributed by atoms with Crippen molar-refractivity contribution in [2.24, 2.45) is 0 Å². The van der Waals surface area contributed by atoms with Gasteiger partial charge in [-0.25, -0.2) is 4.79 Å². The van der Waals surface area contributed by atoms with Gasteiger partial charge in [0.05, 0.1) is 5.69 Å². The third-order valence-corrected chi connectivity index (χ3v) is 4.66. The molecule has 3 rings (SSSR count). The van der Waals surface area contributed by atoms with Crippen molar-refractivity contribution in [1.82, 2.24) is 10.2 Å². The molecule has 7 heteroatoms. The van der Waals surface area contributed by atoms with Gasteiger partial charge in [-0.05, 0) is 29.3 Å². The quantitative estimate of drug-likeness (QED) is 0.728. The third-order valence-electron chi connectivity index (χ3n) is 3.05. The van der Waals surface area contributed by atoms with Gasteiger partial charge in [0.2, 0.25) is 0 Å². The lowest BCUT2D eigenvalue weighted by molar-refractivity contribution is 0.0690. The van der Waals surface area contributed by atoms with E-state index in [0.717, 1.165) is 18.7 Å². The lowest BCUT2D eigenvalue weighted by Crippen LogP contribution is -2.19. The molecule has 3 aromatic heterocycles. The van der Waals surface area contributed by atoms with E-state index < -0.39 is 5.97 Å². The van der Waals surface area contributed by atoms with Gasteiger partial charge in [0.15, 0.2) is 5.82 Å². The molecule has 0 aliphatic heterocycles. The van der Waals surface area contributed by atoms with E-state index in [0.29, 0.717) is 5.82 Å². The second kappa shape index (κ2) is 6.11. The van der Waals surface area contributed by atoms with Crippen molar-refractivity contribution in [3.05, 3.63) is 51.0 Å². The molecule has 0 aliphatic rings. The van der Waals surface area contributed by atoms with E-state index in [-0.39, 0.29) is 5.69 Å². The van der Waals surface area contributed by atoms with Crippen molar-refractivity contribution in [2.45, 2.75) is 6.42 Å². The van der Waals surface area contributed by atoms with E-state index in [2.05, 4.69) is 21.6 Å². The van der Waals surface area contributed by atoms with Crippen LogP contribution in [-0.4, -0.2) is 27.8 Å². The Labute approximate surface area is 129 Å². The van der Waals surface area contributed by atoms with Gasteiger partial charge in [-0.3, -0.25) is 5.10 Å². The number of carbonyl (C=O) groups is 1. The van der Waals surface area contributed by atoms with Crippen LogP contribution in [0, 0.1) is 0 Å². The number of carboxylic acid groups (broad SMARTS) is 1. The van der Waals surface area contributed by atoms with Crippen LogP contribution in [0.3, 0.4) is 0 Å². The predicted molar refractivity (Wildman–Crippen MR) is 84.9 cm³/mol. The molecular weight excluding hydrogens is 306 g/mol. The molecule has 0 spiro atoms. The average Bonchev–Trinajstić information content (AvgIpc) is 3.22. The Bertz CT molecular complexity index is 705. The van der Waals surface area contributed by atoms with Gasteiger partial charge in [-0.1, -0.05) is 6.07 Å². The normalized spacial score (nSPS) is 10.7. The van der Waals surface area contributed by atoms with E-state index in [1.54, 1.807) is 28.7 Å². The molecule has 108 valence electrons. The minimum atomic E-state index is -1.00. The largest absolute Gasteiger partial charge is 0.477 e.